The molecule has 0 aromatic rings. The van der Waals surface area contributed by atoms with Crippen molar-refractivity contribution >= 4 is 5.91 Å². The van der Waals surface area contributed by atoms with Gasteiger partial charge in [-0.1, -0.05) is 0 Å². The summed E-state index contributed by atoms with van der Waals surface area (Å²) in [6.45, 7) is 0.542. The van der Waals surface area contributed by atoms with Crippen molar-refractivity contribution in [2.75, 3.05) is 20.6 Å². The Balaban J connectivity index is 2.37. The van der Waals surface area contributed by atoms with E-state index in [1.54, 1.807) is 31.1 Å². The van der Waals surface area contributed by atoms with Gasteiger partial charge in [0.25, 0.3) is 5.91 Å². The molecule has 0 saturated heterocycles. The molecule has 0 spiro atoms. The van der Waals surface area contributed by atoms with E-state index in [0.717, 1.165) is 11.3 Å². The molecular formula is C10H14N4O. The predicted molar refractivity (Wildman–Crippen MR) is 57.0 cm³/mol. The van der Waals surface area contributed by atoms with Gasteiger partial charge >= 0.3 is 0 Å². The second-order valence-corrected chi connectivity index (χ2v) is 3.73. The average molecular weight is 206 g/mol. The van der Waals surface area contributed by atoms with E-state index in [-0.39, 0.29) is 5.91 Å². The van der Waals surface area contributed by atoms with Crippen LogP contribution in [0, 0.1) is 0 Å². The summed E-state index contributed by atoms with van der Waals surface area (Å²) in [6.07, 6.45) is 5.41. The standard InChI is InChI=1S/C10H14N4O/c1-13(2)10(15)8-6-12-14-4-3-7(11)5-9(8)14/h3-5,12H,6,11H2,1-2H3. The van der Waals surface area contributed by atoms with Crippen LogP contribution in [0.3, 0.4) is 0 Å². The zero-order chi connectivity index (χ0) is 11.0. The van der Waals surface area contributed by atoms with Gasteiger partial charge in [-0.25, -0.2) is 5.43 Å². The van der Waals surface area contributed by atoms with Crippen molar-refractivity contribution < 1.29 is 4.79 Å². The summed E-state index contributed by atoms with van der Waals surface area (Å²) in [7, 11) is 3.48. The van der Waals surface area contributed by atoms with Gasteiger partial charge in [-0.3, -0.25) is 9.80 Å². The molecule has 0 fully saturated rings. The molecule has 2 aliphatic heterocycles. The molecule has 2 heterocycles. The highest BCUT2D eigenvalue weighted by Gasteiger charge is 2.26. The Bertz CT molecular complexity index is 392. The molecule has 0 aromatic heterocycles. The van der Waals surface area contributed by atoms with E-state index in [1.165, 1.54) is 0 Å². The second-order valence-electron chi connectivity index (χ2n) is 3.73. The van der Waals surface area contributed by atoms with Gasteiger partial charge in [-0.15, -0.1) is 0 Å². The highest BCUT2D eigenvalue weighted by molar-refractivity contribution is 5.95. The van der Waals surface area contributed by atoms with E-state index in [0.29, 0.717) is 12.2 Å². The number of fused-ring (bicyclic) bond motifs is 1. The molecule has 0 aromatic carbocycles. The second kappa shape index (κ2) is 3.43. The first kappa shape index (κ1) is 9.79. The number of rotatable bonds is 1. The van der Waals surface area contributed by atoms with Crippen LogP contribution in [0.5, 0.6) is 0 Å². The third kappa shape index (κ3) is 1.61. The normalized spacial score (nSPS) is 19.1. The smallest absolute Gasteiger partial charge is 0.252 e. The molecule has 0 radical (unpaired) electrons. The van der Waals surface area contributed by atoms with E-state index >= 15 is 0 Å². The average Bonchev–Trinajstić information content (AvgIpc) is 2.59. The van der Waals surface area contributed by atoms with Crippen molar-refractivity contribution in [1.29, 1.82) is 0 Å². The number of hydrogen-bond acceptors (Lipinski definition) is 4. The number of hydrazine groups is 1. The van der Waals surface area contributed by atoms with E-state index < -0.39 is 0 Å². The van der Waals surface area contributed by atoms with Crippen molar-refractivity contribution in [3.63, 3.8) is 0 Å². The van der Waals surface area contributed by atoms with Gasteiger partial charge in [-0.2, -0.15) is 0 Å². The molecular weight excluding hydrogens is 192 g/mol. The maximum absolute atomic E-state index is 11.8. The molecule has 80 valence electrons. The Kier molecular flexibility index (Phi) is 2.24. The summed E-state index contributed by atoms with van der Waals surface area (Å²) in [6, 6.07) is 0. The molecule has 0 aliphatic carbocycles. The Morgan fingerprint density at radius 2 is 2.33 bits per heavy atom. The van der Waals surface area contributed by atoms with Crippen molar-refractivity contribution in [3.05, 3.63) is 35.3 Å². The van der Waals surface area contributed by atoms with Gasteiger partial charge in [-0.05, 0) is 12.2 Å². The Labute approximate surface area is 88.5 Å². The lowest BCUT2D eigenvalue weighted by atomic mass is 10.1. The highest BCUT2D eigenvalue weighted by Crippen LogP contribution is 2.22. The SMILES string of the molecule is CN(C)C(=O)C1=C2C=C(N)C=CN2NC1. The largest absolute Gasteiger partial charge is 0.399 e. The minimum atomic E-state index is 0.0133. The van der Waals surface area contributed by atoms with Gasteiger partial charge in [0.15, 0.2) is 0 Å². The van der Waals surface area contributed by atoms with Crippen LogP contribution in [0.4, 0.5) is 0 Å². The third-order valence-corrected chi connectivity index (χ3v) is 2.38. The van der Waals surface area contributed by atoms with E-state index in [9.17, 15) is 4.79 Å². The lowest BCUT2D eigenvalue weighted by Crippen LogP contribution is -2.28. The van der Waals surface area contributed by atoms with Crippen molar-refractivity contribution in [1.82, 2.24) is 15.3 Å². The molecule has 15 heavy (non-hydrogen) atoms. The Hall–Kier alpha value is -1.75. The van der Waals surface area contributed by atoms with Gasteiger partial charge in [0, 0.05) is 32.5 Å². The van der Waals surface area contributed by atoms with E-state index in [1.807, 2.05) is 11.2 Å². The fourth-order valence-corrected chi connectivity index (χ4v) is 1.60. The van der Waals surface area contributed by atoms with Crippen molar-refractivity contribution in [2.45, 2.75) is 0 Å². The molecule has 2 aliphatic rings. The number of hydrogen-bond donors (Lipinski definition) is 2. The topological polar surface area (TPSA) is 61.6 Å². The lowest BCUT2D eigenvalue weighted by Gasteiger charge is -2.19. The number of likely N-dealkylation sites (N-methyl/N-ethyl adjacent to an activating group) is 1. The molecule has 0 unspecified atom stereocenters. The fraction of sp³-hybridized carbons (Fsp3) is 0.300. The molecule has 5 nitrogen and oxygen atoms in total. The summed E-state index contributed by atoms with van der Waals surface area (Å²) < 4.78 is 0. The number of nitrogens with two attached hydrogens (primary N) is 1. The number of amides is 1. The van der Waals surface area contributed by atoms with Crippen LogP contribution in [0.2, 0.25) is 0 Å². The minimum absolute atomic E-state index is 0.0133. The molecule has 0 bridgehead atoms. The van der Waals surface area contributed by atoms with Crippen molar-refractivity contribution in [3.8, 4) is 0 Å². The maximum atomic E-state index is 11.8. The summed E-state index contributed by atoms with van der Waals surface area (Å²) >= 11 is 0. The maximum Gasteiger partial charge on any atom is 0.252 e. The number of carbonyl (C=O) groups is 1. The molecule has 0 atom stereocenters. The number of nitrogens with one attached hydrogen (secondary N) is 1. The first-order valence-electron chi connectivity index (χ1n) is 4.72. The van der Waals surface area contributed by atoms with Crippen LogP contribution in [0.25, 0.3) is 0 Å². The fourth-order valence-electron chi connectivity index (χ4n) is 1.60. The zero-order valence-electron chi connectivity index (χ0n) is 8.82. The molecule has 5 heteroatoms. The molecule has 3 N–H and O–H groups in total. The first-order valence-corrected chi connectivity index (χ1v) is 4.72. The van der Waals surface area contributed by atoms with E-state index in [4.69, 9.17) is 5.73 Å². The Morgan fingerprint density at radius 3 is 3.00 bits per heavy atom. The first-order chi connectivity index (χ1) is 7.09. The minimum Gasteiger partial charge on any atom is -0.399 e. The number of allylic oxidation sites excluding steroid dienone is 2. The van der Waals surface area contributed by atoms with Crippen LogP contribution in [-0.4, -0.2) is 36.5 Å². The molecule has 2 rings (SSSR count). The van der Waals surface area contributed by atoms with Crippen LogP contribution in [0.15, 0.2) is 35.3 Å². The van der Waals surface area contributed by atoms with Gasteiger partial charge in [0.1, 0.15) is 0 Å². The Morgan fingerprint density at radius 1 is 1.60 bits per heavy atom. The molecule has 0 saturated carbocycles. The van der Waals surface area contributed by atoms with Gasteiger partial charge in [0.05, 0.1) is 11.3 Å². The summed E-state index contributed by atoms with van der Waals surface area (Å²) in [5.41, 5.74) is 11.0. The quantitative estimate of drug-likeness (QED) is 0.608. The van der Waals surface area contributed by atoms with Crippen molar-refractivity contribution in [2.24, 2.45) is 5.73 Å². The number of nitrogens with zero attached hydrogens (tertiary/aromatic N) is 2. The van der Waals surface area contributed by atoms with Crippen LogP contribution < -0.4 is 11.2 Å². The van der Waals surface area contributed by atoms with Crippen LogP contribution >= 0.6 is 0 Å². The monoisotopic (exact) mass is 206 g/mol. The van der Waals surface area contributed by atoms with Gasteiger partial charge in [0.2, 0.25) is 0 Å². The van der Waals surface area contributed by atoms with Crippen LogP contribution in [-0.2, 0) is 4.79 Å². The summed E-state index contributed by atoms with van der Waals surface area (Å²) in [5, 5.41) is 1.81. The lowest BCUT2D eigenvalue weighted by molar-refractivity contribution is -0.124. The van der Waals surface area contributed by atoms with E-state index in [2.05, 4.69) is 5.43 Å². The van der Waals surface area contributed by atoms with Crippen LogP contribution in [0.1, 0.15) is 0 Å². The number of carbonyl (C=O) groups excluding carboxylic acids is 1. The van der Waals surface area contributed by atoms with Gasteiger partial charge < -0.3 is 10.6 Å². The third-order valence-electron chi connectivity index (χ3n) is 2.38. The highest BCUT2D eigenvalue weighted by atomic mass is 16.2. The summed E-state index contributed by atoms with van der Waals surface area (Å²) in [4.78, 5) is 13.4. The zero-order valence-corrected chi connectivity index (χ0v) is 8.82. The summed E-state index contributed by atoms with van der Waals surface area (Å²) in [5.74, 6) is 0.0133. The molecule has 1 amide bonds. The predicted octanol–water partition coefficient (Wildman–Crippen LogP) is -0.481.